The highest BCUT2D eigenvalue weighted by Gasteiger charge is 2.24. The predicted molar refractivity (Wildman–Crippen MR) is 95.5 cm³/mol. The Morgan fingerprint density at radius 1 is 1.38 bits per heavy atom. The van der Waals surface area contributed by atoms with Crippen molar-refractivity contribution in [2.24, 2.45) is 16.8 Å². The van der Waals surface area contributed by atoms with Gasteiger partial charge in [0.1, 0.15) is 0 Å². The molecule has 3 unspecified atom stereocenters. The van der Waals surface area contributed by atoms with Crippen molar-refractivity contribution >= 4 is 12.4 Å². The van der Waals surface area contributed by atoms with Crippen LogP contribution in [0.5, 0.6) is 0 Å². The van der Waals surface area contributed by atoms with Gasteiger partial charge in [0, 0.05) is 6.20 Å². The second-order valence-corrected chi connectivity index (χ2v) is 6.45. The van der Waals surface area contributed by atoms with Crippen molar-refractivity contribution in [3.63, 3.8) is 0 Å². The average molecular weight is 327 g/mol. The molecule has 128 valence electrons. The van der Waals surface area contributed by atoms with Gasteiger partial charge in [0.25, 0.3) is 0 Å². The highest BCUT2D eigenvalue weighted by Crippen LogP contribution is 2.32. The van der Waals surface area contributed by atoms with Crippen LogP contribution >= 0.6 is 0 Å². The normalized spacial score (nSPS) is 25.6. The van der Waals surface area contributed by atoms with Gasteiger partial charge in [0.2, 0.25) is 0 Å². The molecule has 0 amide bonds. The van der Waals surface area contributed by atoms with Gasteiger partial charge in [-0.15, -0.1) is 0 Å². The average Bonchev–Trinajstić information content (AvgIpc) is 2.59. The van der Waals surface area contributed by atoms with Crippen LogP contribution in [0.25, 0.3) is 0 Å². The number of ether oxygens (including phenoxy) is 1. The lowest BCUT2D eigenvalue weighted by molar-refractivity contribution is -0.139. The highest BCUT2D eigenvalue weighted by molar-refractivity contribution is 5.79. The highest BCUT2D eigenvalue weighted by atomic mass is 16.5. The minimum Gasteiger partial charge on any atom is -0.414 e. The van der Waals surface area contributed by atoms with Crippen molar-refractivity contribution in [1.29, 1.82) is 0 Å². The molecule has 0 radical (unpaired) electrons. The summed E-state index contributed by atoms with van der Waals surface area (Å²) in [6.45, 7) is 8.26. The first-order chi connectivity index (χ1) is 11.5. The van der Waals surface area contributed by atoms with Crippen LogP contribution in [0.2, 0.25) is 0 Å². The number of carbonyl (C=O) groups excluding carboxylic acids is 1. The molecule has 1 N–H and O–H groups in total. The third kappa shape index (κ3) is 4.90. The molecule has 24 heavy (non-hydrogen) atoms. The van der Waals surface area contributed by atoms with Crippen LogP contribution in [0.1, 0.15) is 43.7 Å². The fraction of sp³-hybridized carbons (Fsp3) is 0.400. The molecule has 0 saturated heterocycles. The molecule has 4 nitrogen and oxygen atoms in total. The van der Waals surface area contributed by atoms with E-state index >= 15 is 0 Å². The molecule has 0 bridgehead atoms. The van der Waals surface area contributed by atoms with E-state index in [2.05, 4.69) is 30.6 Å². The zero-order chi connectivity index (χ0) is 17.5. The molecule has 0 aromatic heterocycles. The first-order valence-electron chi connectivity index (χ1n) is 8.28. The molecule has 1 aliphatic heterocycles. The Balaban J connectivity index is 2.13. The summed E-state index contributed by atoms with van der Waals surface area (Å²) in [5, 5.41) is 9.15. The lowest BCUT2D eigenvalue weighted by Crippen LogP contribution is -2.20. The first kappa shape index (κ1) is 18.1. The summed E-state index contributed by atoms with van der Waals surface area (Å²) in [4.78, 5) is 15.8. The number of carbonyl (C=O) groups is 1. The van der Waals surface area contributed by atoms with Gasteiger partial charge in [-0.05, 0) is 41.9 Å². The molecular weight excluding hydrogens is 302 g/mol. The maximum Gasteiger partial charge on any atom is 0.314 e. The Hall–Kier alpha value is -2.20. The van der Waals surface area contributed by atoms with Crippen molar-refractivity contribution in [2.45, 2.75) is 39.2 Å². The Morgan fingerprint density at radius 2 is 2.08 bits per heavy atom. The minimum atomic E-state index is -0.258. The van der Waals surface area contributed by atoms with Crippen LogP contribution in [0, 0.1) is 11.8 Å². The van der Waals surface area contributed by atoms with Crippen LogP contribution < -0.4 is 0 Å². The summed E-state index contributed by atoms with van der Waals surface area (Å²) in [5.41, 5.74) is 3.10. The second-order valence-electron chi connectivity index (χ2n) is 6.45. The maximum absolute atomic E-state index is 11.9. The summed E-state index contributed by atoms with van der Waals surface area (Å²) in [6.07, 6.45) is 6.26. The molecule has 3 atom stereocenters. The first-order valence-corrected chi connectivity index (χ1v) is 8.28. The lowest BCUT2D eigenvalue weighted by Gasteiger charge is -2.24. The van der Waals surface area contributed by atoms with Crippen molar-refractivity contribution in [2.75, 3.05) is 0 Å². The van der Waals surface area contributed by atoms with Crippen LogP contribution in [0.4, 0.5) is 0 Å². The molecule has 1 heterocycles. The second kappa shape index (κ2) is 8.60. The molecule has 1 aromatic carbocycles. The Labute approximate surface area is 143 Å². The van der Waals surface area contributed by atoms with Gasteiger partial charge in [0.15, 0.2) is 6.40 Å². The molecule has 0 aliphatic carbocycles. The predicted octanol–water partition coefficient (Wildman–Crippen LogP) is 3.97. The molecular formula is C20H25NO3. The van der Waals surface area contributed by atoms with Crippen LogP contribution in [0.15, 0.2) is 53.7 Å². The quantitative estimate of drug-likeness (QED) is 0.851. The molecule has 0 spiro atoms. The summed E-state index contributed by atoms with van der Waals surface area (Å²) in [5.74, 6) is 0.0487. The van der Waals surface area contributed by atoms with Gasteiger partial charge >= 0.3 is 5.97 Å². The number of allylic oxidation sites excluding steroid dienone is 2. The van der Waals surface area contributed by atoms with E-state index in [1.807, 2.05) is 25.1 Å². The minimum absolute atomic E-state index is 0.0546. The summed E-state index contributed by atoms with van der Waals surface area (Å²) >= 11 is 0. The number of aliphatic hydroxyl groups excluding tert-OH is 1. The summed E-state index contributed by atoms with van der Waals surface area (Å²) in [7, 11) is 0. The van der Waals surface area contributed by atoms with Gasteiger partial charge in [0.05, 0.1) is 12.5 Å². The van der Waals surface area contributed by atoms with Crippen LogP contribution in [0.3, 0.4) is 0 Å². The number of cyclic esters (lactones) is 1. The van der Waals surface area contributed by atoms with Gasteiger partial charge in [-0.25, -0.2) is 4.99 Å². The van der Waals surface area contributed by atoms with E-state index in [-0.39, 0.29) is 24.4 Å². The number of hydrogen-bond acceptors (Lipinski definition) is 4. The van der Waals surface area contributed by atoms with E-state index in [0.29, 0.717) is 12.3 Å². The topological polar surface area (TPSA) is 58.9 Å². The zero-order valence-corrected chi connectivity index (χ0v) is 14.3. The molecule has 2 rings (SSSR count). The summed E-state index contributed by atoms with van der Waals surface area (Å²) in [6, 6.07) is 8.00. The Kier molecular flexibility index (Phi) is 6.50. The van der Waals surface area contributed by atoms with Crippen molar-refractivity contribution < 1.29 is 14.6 Å². The van der Waals surface area contributed by atoms with E-state index in [4.69, 9.17) is 9.84 Å². The largest absolute Gasteiger partial charge is 0.414 e. The fourth-order valence-electron chi connectivity index (χ4n) is 2.94. The SMILES string of the molecule is C=C1/C=C\N=C/OC(=O)C(C)CC1CC(C)c1ccc(CO)cc1. The van der Waals surface area contributed by atoms with Gasteiger partial charge < -0.3 is 9.84 Å². The van der Waals surface area contributed by atoms with Gasteiger partial charge in [-0.2, -0.15) is 0 Å². The number of esters is 1. The summed E-state index contributed by atoms with van der Waals surface area (Å²) < 4.78 is 4.99. The molecule has 4 heteroatoms. The molecule has 0 saturated carbocycles. The number of nitrogens with zero attached hydrogens (tertiary/aromatic N) is 1. The standard InChI is InChI=1S/C20H25NO3/c1-14-8-9-21-13-24-20(23)16(3)11-19(14)10-15(2)18-6-4-17(12-22)5-7-18/h4-9,13,15-16,19,22H,1,10-12H2,2-3H3/b9-8-,21-13-. The molecule has 0 fully saturated rings. The number of aliphatic imine (C=N–C) groups is 1. The van der Waals surface area contributed by atoms with Crippen LogP contribution in [-0.4, -0.2) is 17.5 Å². The Morgan fingerprint density at radius 3 is 2.75 bits per heavy atom. The van der Waals surface area contributed by atoms with E-state index < -0.39 is 0 Å². The third-order valence-corrected chi connectivity index (χ3v) is 4.54. The maximum atomic E-state index is 11.9. The van der Waals surface area contributed by atoms with E-state index in [1.165, 1.54) is 12.0 Å². The molecule has 1 aromatic rings. The zero-order valence-electron chi connectivity index (χ0n) is 14.3. The molecule has 1 aliphatic rings. The van der Waals surface area contributed by atoms with Crippen molar-refractivity contribution in [1.82, 2.24) is 0 Å². The number of hydrogen-bond donors (Lipinski definition) is 1. The van der Waals surface area contributed by atoms with Gasteiger partial charge in [-0.3, -0.25) is 4.79 Å². The smallest absolute Gasteiger partial charge is 0.314 e. The third-order valence-electron chi connectivity index (χ3n) is 4.54. The monoisotopic (exact) mass is 327 g/mol. The Bertz CT molecular complexity index is 631. The van der Waals surface area contributed by atoms with Crippen molar-refractivity contribution in [3.05, 3.63) is 59.8 Å². The van der Waals surface area contributed by atoms with E-state index in [1.54, 1.807) is 6.20 Å². The van der Waals surface area contributed by atoms with Crippen molar-refractivity contribution in [3.8, 4) is 0 Å². The number of rotatable bonds is 4. The van der Waals surface area contributed by atoms with Gasteiger partial charge in [-0.1, -0.05) is 50.3 Å². The fourth-order valence-corrected chi connectivity index (χ4v) is 2.94. The lowest BCUT2D eigenvalue weighted by atomic mass is 9.81. The number of aliphatic hydroxyl groups is 1. The number of benzene rings is 1. The van der Waals surface area contributed by atoms with E-state index in [0.717, 1.165) is 17.6 Å². The van der Waals surface area contributed by atoms with E-state index in [9.17, 15) is 4.79 Å². The van der Waals surface area contributed by atoms with Crippen LogP contribution in [-0.2, 0) is 16.1 Å².